The molecule has 0 aromatic carbocycles. The molecular formula is C63H110O6. The van der Waals surface area contributed by atoms with Crippen molar-refractivity contribution in [3.8, 4) is 0 Å². The highest BCUT2D eigenvalue weighted by Gasteiger charge is 2.19. The Morgan fingerprint density at radius 1 is 0.304 bits per heavy atom. The Bertz CT molecular complexity index is 1290. The van der Waals surface area contributed by atoms with Gasteiger partial charge in [-0.15, -0.1) is 0 Å². The van der Waals surface area contributed by atoms with Crippen LogP contribution >= 0.6 is 0 Å². The van der Waals surface area contributed by atoms with Gasteiger partial charge in [0.2, 0.25) is 0 Å². The predicted molar refractivity (Wildman–Crippen MR) is 298 cm³/mol. The summed E-state index contributed by atoms with van der Waals surface area (Å²) >= 11 is 0. The summed E-state index contributed by atoms with van der Waals surface area (Å²) in [5.41, 5.74) is 0. The molecule has 0 radical (unpaired) electrons. The Kier molecular flexibility index (Phi) is 54.8. The number of unbranched alkanes of at least 4 members (excludes halogenated alkanes) is 30. The predicted octanol–water partition coefficient (Wildman–Crippen LogP) is 19.8. The Morgan fingerprint density at radius 3 is 0.884 bits per heavy atom. The standard InChI is InChI=1S/C63H110O6/c1-4-7-10-13-16-19-21-23-25-27-29-31-33-34-36-38-40-42-44-47-50-53-56-62(65)68-59-60(58-67-61(64)55-52-49-46-18-15-12-9-6-3)69-63(66)57-54-51-48-45-43-41-39-37-35-32-30-28-26-24-22-20-17-14-11-8-5-2/h8,11,17,20,24,26,30,32,37,39,43,45,60H,4-7,9-10,12-16,18-19,21-23,25,27-29,31,33-36,38,40-42,44,46-59H2,1-3H3/b11-8-,20-17-,26-24-,32-30-,39-37-,45-43-. The summed E-state index contributed by atoms with van der Waals surface area (Å²) in [4.78, 5) is 38.0. The van der Waals surface area contributed by atoms with Crippen LogP contribution in [0.15, 0.2) is 72.9 Å². The highest BCUT2D eigenvalue weighted by molar-refractivity contribution is 5.71. The van der Waals surface area contributed by atoms with Crippen LogP contribution in [0.4, 0.5) is 0 Å². The van der Waals surface area contributed by atoms with Gasteiger partial charge in [-0.25, -0.2) is 0 Å². The first-order valence-corrected chi connectivity index (χ1v) is 29.4. The quantitative estimate of drug-likeness (QED) is 0.0262. The van der Waals surface area contributed by atoms with Crippen LogP contribution in [-0.4, -0.2) is 37.2 Å². The maximum atomic E-state index is 12.8. The number of allylic oxidation sites excluding steroid dienone is 12. The van der Waals surface area contributed by atoms with Crippen LogP contribution in [0.25, 0.3) is 0 Å². The summed E-state index contributed by atoms with van der Waals surface area (Å²) in [6.45, 7) is 6.49. The van der Waals surface area contributed by atoms with E-state index in [2.05, 4.69) is 93.7 Å². The van der Waals surface area contributed by atoms with Crippen molar-refractivity contribution in [2.75, 3.05) is 13.2 Å². The minimum absolute atomic E-state index is 0.0898. The zero-order valence-electron chi connectivity index (χ0n) is 45.6. The van der Waals surface area contributed by atoms with E-state index < -0.39 is 6.10 Å². The maximum absolute atomic E-state index is 12.8. The van der Waals surface area contributed by atoms with Crippen molar-refractivity contribution in [2.24, 2.45) is 0 Å². The summed E-state index contributed by atoms with van der Waals surface area (Å²) in [6.07, 6.45) is 73.5. The van der Waals surface area contributed by atoms with E-state index in [1.165, 1.54) is 154 Å². The summed E-state index contributed by atoms with van der Waals surface area (Å²) in [5, 5.41) is 0. The van der Waals surface area contributed by atoms with Gasteiger partial charge in [0, 0.05) is 19.3 Å². The highest BCUT2D eigenvalue weighted by atomic mass is 16.6. The van der Waals surface area contributed by atoms with Gasteiger partial charge in [-0.1, -0.05) is 273 Å². The topological polar surface area (TPSA) is 78.9 Å². The molecule has 69 heavy (non-hydrogen) atoms. The Labute approximate surface area is 427 Å². The lowest BCUT2D eigenvalue weighted by Gasteiger charge is -2.18. The van der Waals surface area contributed by atoms with Gasteiger partial charge in [-0.2, -0.15) is 0 Å². The smallest absolute Gasteiger partial charge is 0.306 e. The van der Waals surface area contributed by atoms with Crippen molar-refractivity contribution in [1.29, 1.82) is 0 Å². The van der Waals surface area contributed by atoms with E-state index in [0.29, 0.717) is 19.3 Å². The lowest BCUT2D eigenvalue weighted by Crippen LogP contribution is -2.30. The fourth-order valence-corrected chi connectivity index (χ4v) is 8.33. The first-order chi connectivity index (χ1) is 34.0. The lowest BCUT2D eigenvalue weighted by atomic mass is 10.0. The number of rotatable bonds is 53. The van der Waals surface area contributed by atoms with Gasteiger partial charge in [0.25, 0.3) is 0 Å². The second kappa shape index (κ2) is 57.4. The Morgan fingerprint density at radius 2 is 0.565 bits per heavy atom. The van der Waals surface area contributed by atoms with Crippen LogP contribution in [0.5, 0.6) is 0 Å². The fraction of sp³-hybridized carbons (Fsp3) is 0.762. The van der Waals surface area contributed by atoms with Gasteiger partial charge in [0.05, 0.1) is 0 Å². The van der Waals surface area contributed by atoms with Crippen molar-refractivity contribution >= 4 is 17.9 Å². The molecule has 0 aliphatic heterocycles. The normalized spacial score (nSPS) is 12.6. The second-order valence-electron chi connectivity index (χ2n) is 19.5. The molecule has 0 aromatic rings. The summed E-state index contributed by atoms with van der Waals surface area (Å²) in [5.74, 6) is -0.928. The molecule has 0 aromatic heterocycles. The first kappa shape index (κ1) is 65.8. The molecule has 1 unspecified atom stereocenters. The van der Waals surface area contributed by atoms with Crippen molar-refractivity contribution in [3.63, 3.8) is 0 Å². The zero-order chi connectivity index (χ0) is 50.0. The van der Waals surface area contributed by atoms with Gasteiger partial charge >= 0.3 is 17.9 Å². The molecule has 0 saturated carbocycles. The van der Waals surface area contributed by atoms with Crippen molar-refractivity contribution in [3.05, 3.63) is 72.9 Å². The molecule has 0 spiro atoms. The zero-order valence-corrected chi connectivity index (χ0v) is 45.6. The molecule has 0 amide bonds. The number of carbonyl (C=O) groups excluding carboxylic acids is 3. The van der Waals surface area contributed by atoms with Crippen LogP contribution in [0.1, 0.15) is 290 Å². The van der Waals surface area contributed by atoms with Gasteiger partial charge in [0.1, 0.15) is 13.2 Å². The molecule has 0 fully saturated rings. The largest absolute Gasteiger partial charge is 0.462 e. The van der Waals surface area contributed by atoms with Crippen molar-refractivity contribution < 1.29 is 28.6 Å². The molecule has 1 atom stereocenters. The summed E-state index contributed by atoms with van der Waals surface area (Å²) < 4.78 is 16.8. The molecule has 0 rings (SSSR count). The summed E-state index contributed by atoms with van der Waals surface area (Å²) in [6, 6.07) is 0. The molecule has 6 nitrogen and oxygen atoms in total. The summed E-state index contributed by atoms with van der Waals surface area (Å²) in [7, 11) is 0. The lowest BCUT2D eigenvalue weighted by molar-refractivity contribution is -0.167. The first-order valence-electron chi connectivity index (χ1n) is 29.4. The van der Waals surface area contributed by atoms with Gasteiger partial charge in [-0.3, -0.25) is 14.4 Å². The van der Waals surface area contributed by atoms with Gasteiger partial charge < -0.3 is 14.2 Å². The second-order valence-corrected chi connectivity index (χ2v) is 19.5. The Hall–Kier alpha value is -3.15. The van der Waals surface area contributed by atoms with Crippen molar-refractivity contribution in [1.82, 2.24) is 0 Å². The van der Waals surface area contributed by atoms with Gasteiger partial charge in [0.15, 0.2) is 6.10 Å². The molecular weight excluding hydrogens is 853 g/mol. The highest BCUT2D eigenvalue weighted by Crippen LogP contribution is 2.17. The number of esters is 3. The van der Waals surface area contributed by atoms with E-state index in [0.717, 1.165) is 89.9 Å². The molecule has 0 heterocycles. The van der Waals surface area contributed by atoms with Crippen molar-refractivity contribution in [2.45, 2.75) is 297 Å². The molecule has 0 bridgehead atoms. The SMILES string of the molecule is CC/C=C\C/C=C\C/C=C\C/C=C\C/C=C\C/C=C\CCCCC(=O)OC(COC(=O)CCCCCCCCCC)COC(=O)CCCCCCCCCCCCCCCCCCCCCCCC. The Balaban J connectivity index is 4.28. The molecule has 0 aliphatic rings. The number of ether oxygens (including phenoxy) is 3. The monoisotopic (exact) mass is 963 g/mol. The van der Waals surface area contributed by atoms with E-state index in [-0.39, 0.29) is 37.5 Å². The fourth-order valence-electron chi connectivity index (χ4n) is 8.33. The molecule has 6 heteroatoms. The van der Waals surface area contributed by atoms with Gasteiger partial charge in [-0.05, 0) is 70.6 Å². The average Bonchev–Trinajstić information content (AvgIpc) is 3.35. The van der Waals surface area contributed by atoms with E-state index in [9.17, 15) is 14.4 Å². The third kappa shape index (κ3) is 55.6. The van der Waals surface area contributed by atoms with E-state index in [1.807, 2.05) is 0 Å². The third-order valence-corrected chi connectivity index (χ3v) is 12.7. The van der Waals surface area contributed by atoms with E-state index in [1.54, 1.807) is 0 Å². The van der Waals surface area contributed by atoms with E-state index >= 15 is 0 Å². The molecule has 398 valence electrons. The van der Waals surface area contributed by atoms with Crippen LogP contribution in [0, 0.1) is 0 Å². The minimum atomic E-state index is -0.795. The van der Waals surface area contributed by atoms with Crippen LogP contribution in [-0.2, 0) is 28.6 Å². The van der Waals surface area contributed by atoms with Crippen LogP contribution in [0.3, 0.4) is 0 Å². The minimum Gasteiger partial charge on any atom is -0.462 e. The maximum Gasteiger partial charge on any atom is 0.306 e. The molecule has 0 aliphatic carbocycles. The van der Waals surface area contributed by atoms with Crippen LogP contribution in [0.2, 0.25) is 0 Å². The molecule has 0 saturated heterocycles. The number of carbonyl (C=O) groups is 3. The number of hydrogen-bond donors (Lipinski definition) is 0. The van der Waals surface area contributed by atoms with Crippen LogP contribution < -0.4 is 0 Å². The number of hydrogen-bond acceptors (Lipinski definition) is 6. The average molecular weight is 964 g/mol. The van der Waals surface area contributed by atoms with E-state index in [4.69, 9.17) is 14.2 Å². The third-order valence-electron chi connectivity index (χ3n) is 12.7. The molecule has 0 N–H and O–H groups in total.